The molecule has 3 N–H and O–H groups in total. The fourth-order valence-electron chi connectivity index (χ4n) is 2.74. The maximum atomic E-state index is 11.0. The first-order valence-electron chi connectivity index (χ1n) is 7.73. The monoisotopic (exact) mass is 318 g/mol. The fourth-order valence-corrected chi connectivity index (χ4v) is 3.21. The van der Waals surface area contributed by atoms with E-state index in [1.165, 1.54) is 25.7 Å². The second-order valence-corrected chi connectivity index (χ2v) is 8.00. The predicted molar refractivity (Wildman–Crippen MR) is 87.9 cm³/mol. The molecule has 0 bridgehead atoms. The van der Waals surface area contributed by atoms with Crippen LogP contribution in [0.25, 0.3) is 0 Å². The largest absolute Gasteiger partial charge is 0.355 e. The Balaban J connectivity index is 2.26. The van der Waals surface area contributed by atoms with E-state index in [-0.39, 0.29) is 0 Å². The lowest BCUT2D eigenvalue weighted by Gasteiger charge is -2.32. The maximum absolute atomic E-state index is 11.0. The van der Waals surface area contributed by atoms with Gasteiger partial charge in [0.05, 0.1) is 6.26 Å². The van der Waals surface area contributed by atoms with Crippen LogP contribution in [0.5, 0.6) is 0 Å². The molecule has 1 saturated carbocycles. The number of nitrogens with one attached hydrogen (secondary N) is 3. The Morgan fingerprint density at radius 2 is 1.81 bits per heavy atom. The Bertz CT molecular complexity index is 426. The molecule has 0 saturated heterocycles. The normalized spacial score (nSPS) is 24.1. The Hall–Kier alpha value is -0.820. The summed E-state index contributed by atoms with van der Waals surface area (Å²) in [5.41, 5.74) is 0. The topological polar surface area (TPSA) is 82.6 Å². The molecule has 21 heavy (non-hydrogen) atoms. The minimum absolute atomic E-state index is 0.361. The number of hydrogen-bond donors (Lipinski definition) is 3. The van der Waals surface area contributed by atoms with E-state index in [2.05, 4.69) is 34.2 Å². The number of aliphatic imine (C=N–C) groups is 1. The third-order valence-electron chi connectivity index (χ3n) is 4.06. The molecule has 0 atom stereocenters. The molecule has 1 aliphatic rings. The van der Waals surface area contributed by atoms with Crippen LogP contribution in [0.4, 0.5) is 0 Å². The maximum Gasteiger partial charge on any atom is 0.208 e. The molecule has 7 heteroatoms. The van der Waals surface area contributed by atoms with Crippen LogP contribution < -0.4 is 15.4 Å². The average molecular weight is 318 g/mol. The van der Waals surface area contributed by atoms with Crippen LogP contribution in [0.1, 0.15) is 39.5 Å². The molecule has 6 nitrogen and oxygen atoms in total. The molecule has 1 rings (SSSR count). The quantitative estimate of drug-likeness (QED) is 0.386. The predicted octanol–water partition coefficient (Wildman–Crippen LogP) is 0.915. The smallest absolute Gasteiger partial charge is 0.208 e. The van der Waals surface area contributed by atoms with Gasteiger partial charge in [-0.05, 0) is 37.5 Å². The van der Waals surface area contributed by atoms with Crippen molar-refractivity contribution >= 4 is 16.0 Å². The van der Waals surface area contributed by atoms with Gasteiger partial charge in [0.1, 0.15) is 0 Å². The van der Waals surface area contributed by atoms with E-state index in [1.807, 2.05) is 0 Å². The molecule has 0 amide bonds. The Kier molecular flexibility index (Phi) is 7.45. The number of nitrogens with zero attached hydrogens (tertiary/aromatic N) is 1. The van der Waals surface area contributed by atoms with Gasteiger partial charge in [-0.2, -0.15) is 0 Å². The molecule has 0 aliphatic heterocycles. The highest BCUT2D eigenvalue weighted by atomic mass is 32.2. The molecular formula is C14H30N4O2S. The first-order chi connectivity index (χ1) is 9.81. The Morgan fingerprint density at radius 1 is 1.19 bits per heavy atom. The summed E-state index contributed by atoms with van der Waals surface area (Å²) in [5.74, 6) is 2.36. The summed E-state index contributed by atoms with van der Waals surface area (Å²) in [6.45, 7) is 5.48. The van der Waals surface area contributed by atoms with Gasteiger partial charge in [0.15, 0.2) is 5.96 Å². The minimum Gasteiger partial charge on any atom is -0.355 e. The summed E-state index contributed by atoms with van der Waals surface area (Å²) in [6, 6.07) is 0.467. The molecule has 0 unspecified atom stereocenters. The first-order valence-corrected chi connectivity index (χ1v) is 9.62. The molecule has 0 aromatic rings. The van der Waals surface area contributed by atoms with Gasteiger partial charge in [-0.25, -0.2) is 13.1 Å². The minimum atomic E-state index is -3.12. The zero-order chi connectivity index (χ0) is 15.9. The number of rotatable bonds is 6. The van der Waals surface area contributed by atoms with Crippen molar-refractivity contribution < 1.29 is 8.42 Å². The van der Waals surface area contributed by atoms with Crippen molar-refractivity contribution in [3.63, 3.8) is 0 Å². The van der Waals surface area contributed by atoms with Crippen LogP contribution in [0.2, 0.25) is 0 Å². The second kappa shape index (κ2) is 8.58. The van der Waals surface area contributed by atoms with Gasteiger partial charge in [-0.15, -0.1) is 0 Å². The van der Waals surface area contributed by atoms with Crippen molar-refractivity contribution in [1.29, 1.82) is 0 Å². The molecule has 0 radical (unpaired) electrons. The SMILES string of the molecule is CN=C(NCCNS(C)(=O)=O)NC1CCC(C(C)C)CC1. The third-order valence-corrected chi connectivity index (χ3v) is 4.79. The molecule has 124 valence electrons. The summed E-state index contributed by atoms with van der Waals surface area (Å²) < 4.78 is 24.4. The fraction of sp³-hybridized carbons (Fsp3) is 0.929. The van der Waals surface area contributed by atoms with Crippen LogP contribution in [-0.4, -0.2) is 46.8 Å². The summed E-state index contributed by atoms with van der Waals surface area (Å²) >= 11 is 0. The van der Waals surface area contributed by atoms with E-state index in [9.17, 15) is 8.42 Å². The molecule has 0 spiro atoms. The Labute approximate surface area is 129 Å². The van der Waals surface area contributed by atoms with Crippen molar-refractivity contribution in [2.45, 2.75) is 45.6 Å². The van der Waals surface area contributed by atoms with Crippen molar-refractivity contribution in [2.75, 3.05) is 26.4 Å². The van der Waals surface area contributed by atoms with Gasteiger partial charge >= 0.3 is 0 Å². The summed E-state index contributed by atoms with van der Waals surface area (Å²) in [6.07, 6.45) is 6.04. The van der Waals surface area contributed by atoms with E-state index < -0.39 is 10.0 Å². The lowest BCUT2D eigenvalue weighted by atomic mass is 9.80. The molecule has 0 aromatic carbocycles. The first kappa shape index (κ1) is 18.2. The van der Waals surface area contributed by atoms with Crippen molar-refractivity contribution in [3.8, 4) is 0 Å². The molecular weight excluding hydrogens is 288 g/mol. The van der Waals surface area contributed by atoms with Gasteiger partial charge in [-0.1, -0.05) is 13.8 Å². The highest BCUT2D eigenvalue weighted by Gasteiger charge is 2.23. The van der Waals surface area contributed by atoms with E-state index in [1.54, 1.807) is 7.05 Å². The number of guanidine groups is 1. The van der Waals surface area contributed by atoms with Crippen molar-refractivity contribution in [3.05, 3.63) is 0 Å². The lowest BCUT2D eigenvalue weighted by molar-refractivity contribution is 0.250. The van der Waals surface area contributed by atoms with Crippen LogP contribution in [0, 0.1) is 11.8 Å². The van der Waals surface area contributed by atoms with Gasteiger partial charge in [0.25, 0.3) is 0 Å². The summed E-state index contributed by atoms with van der Waals surface area (Å²) in [7, 11) is -1.39. The molecule has 0 heterocycles. The van der Waals surface area contributed by atoms with Crippen LogP contribution >= 0.6 is 0 Å². The molecule has 0 aromatic heterocycles. The lowest BCUT2D eigenvalue weighted by Crippen LogP contribution is -2.46. The van der Waals surface area contributed by atoms with E-state index in [4.69, 9.17) is 0 Å². The third kappa shape index (κ3) is 7.66. The standard InChI is InChI=1S/C14H30N4O2S/c1-11(2)12-5-7-13(8-6-12)18-14(15-3)16-9-10-17-21(4,19)20/h11-13,17H,5-10H2,1-4H3,(H2,15,16,18). The van der Waals surface area contributed by atoms with E-state index in [0.717, 1.165) is 24.1 Å². The zero-order valence-corrected chi connectivity index (χ0v) is 14.5. The molecule has 1 fully saturated rings. The number of hydrogen-bond acceptors (Lipinski definition) is 3. The van der Waals surface area contributed by atoms with Crippen LogP contribution in [-0.2, 0) is 10.0 Å². The van der Waals surface area contributed by atoms with Gasteiger partial charge in [0, 0.05) is 26.2 Å². The second-order valence-electron chi connectivity index (χ2n) is 6.17. The van der Waals surface area contributed by atoms with Gasteiger partial charge < -0.3 is 10.6 Å². The van der Waals surface area contributed by atoms with Crippen LogP contribution in [0.3, 0.4) is 0 Å². The summed E-state index contributed by atoms with van der Waals surface area (Å²) in [4.78, 5) is 4.19. The van der Waals surface area contributed by atoms with E-state index >= 15 is 0 Å². The highest BCUT2D eigenvalue weighted by molar-refractivity contribution is 7.88. The highest BCUT2D eigenvalue weighted by Crippen LogP contribution is 2.29. The zero-order valence-electron chi connectivity index (χ0n) is 13.6. The number of sulfonamides is 1. The van der Waals surface area contributed by atoms with Crippen molar-refractivity contribution in [2.24, 2.45) is 16.8 Å². The van der Waals surface area contributed by atoms with E-state index in [0.29, 0.717) is 19.1 Å². The Morgan fingerprint density at radius 3 is 2.29 bits per heavy atom. The van der Waals surface area contributed by atoms with Crippen molar-refractivity contribution in [1.82, 2.24) is 15.4 Å². The van der Waals surface area contributed by atoms with Gasteiger partial charge in [0.2, 0.25) is 10.0 Å². The average Bonchev–Trinajstić information content (AvgIpc) is 2.41. The molecule has 1 aliphatic carbocycles. The van der Waals surface area contributed by atoms with Crippen LogP contribution in [0.15, 0.2) is 4.99 Å². The van der Waals surface area contributed by atoms with Gasteiger partial charge in [-0.3, -0.25) is 4.99 Å². The summed E-state index contributed by atoms with van der Waals surface area (Å²) in [5, 5.41) is 6.56.